The molecule has 0 aromatic heterocycles. The molecule has 1 nitrogen and oxygen atoms in total. The lowest BCUT2D eigenvalue weighted by Crippen LogP contribution is -2.60. The van der Waals surface area contributed by atoms with Crippen molar-refractivity contribution in [3.05, 3.63) is 45.6 Å². The van der Waals surface area contributed by atoms with Crippen LogP contribution in [-0.4, -0.2) is 24.0 Å². The summed E-state index contributed by atoms with van der Waals surface area (Å²) in [4.78, 5) is 2.76. The van der Waals surface area contributed by atoms with Gasteiger partial charge in [0, 0.05) is 18.0 Å². The Morgan fingerprint density at radius 3 is 3.05 bits per heavy atom. The molecule has 2 heteroatoms. The van der Waals surface area contributed by atoms with E-state index in [1.807, 2.05) is 0 Å². The van der Waals surface area contributed by atoms with Gasteiger partial charge in [-0.1, -0.05) is 65.8 Å². The van der Waals surface area contributed by atoms with Gasteiger partial charge in [0.25, 0.3) is 0 Å². The van der Waals surface area contributed by atoms with Crippen LogP contribution in [0, 0.1) is 5.92 Å². The van der Waals surface area contributed by atoms with E-state index in [-0.39, 0.29) is 0 Å². The van der Waals surface area contributed by atoms with Gasteiger partial charge in [-0.25, -0.2) is 0 Å². The van der Waals surface area contributed by atoms with Crippen LogP contribution in [0.25, 0.3) is 0 Å². The number of rotatable bonds is 2. The van der Waals surface area contributed by atoms with E-state index in [1.165, 1.54) is 45.1 Å². The summed E-state index contributed by atoms with van der Waals surface area (Å²) < 4.78 is 2.18. The van der Waals surface area contributed by atoms with E-state index >= 15 is 0 Å². The lowest BCUT2D eigenvalue weighted by Gasteiger charge is -2.59. The van der Waals surface area contributed by atoms with Gasteiger partial charge in [-0.2, -0.15) is 0 Å². The lowest BCUT2D eigenvalue weighted by molar-refractivity contribution is -0.00506. The minimum absolute atomic E-state index is 0.516. The zero-order valence-corrected chi connectivity index (χ0v) is 14.8. The van der Waals surface area contributed by atoms with Crippen LogP contribution in [0.5, 0.6) is 0 Å². The molecule has 0 unspecified atom stereocenters. The predicted molar refractivity (Wildman–Crippen MR) is 96.9 cm³/mol. The second kappa shape index (κ2) is 5.69. The minimum atomic E-state index is 0.516. The van der Waals surface area contributed by atoms with Gasteiger partial charge in [-0.05, 0) is 53.4 Å². The van der Waals surface area contributed by atoms with Crippen molar-refractivity contribution in [2.45, 2.75) is 50.0 Å². The molecule has 1 aromatic rings. The molecule has 112 valence electrons. The van der Waals surface area contributed by atoms with Gasteiger partial charge in [0.2, 0.25) is 0 Å². The molecule has 1 saturated heterocycles. The number of benzene rings is 1. The fraction of sp³-hybridized carbons (Fsp3) is 0.579. The smallest absolute Gasteiger partial charge is 0.0176 e. The molecule has 1 heterocycles. The zero-order chi connectivity index (χ0) is 14.3. The first kappa shape index (κ1) is 14.3. The molecule has 2 bridgehead atoms. The highest BCUT2D eigenvalue weighted by Gasteiger charge is 2.53. The Balaban J connectivity index is 1.76. The fourth-order valence-corrected chi connectivity index (χ4v) is 5.68. The molecule has 2 aliphatic carbocycles. The van der Waals surface area contributed by atoms with Crippen molar-refractivity contribution < 1.29 is 0 Å². The fourth-order valence-electron chi connectivity index (χ4n) is 5.45. The molecule has 21 heavy (non-hydrogen) atoms. The van der Waals surface area contributed by atoms with Crippen LogP contribution in [0.4, 0.5) is 0 Å². The van der Waals surface area contributed by atoms with Crippen LogP contribution in [0.3, 0.4) is 0 Å². The summed E-state index contributed by atoms with van der Waals surface area (Å²) in [6, 6.07) is 10.1. The highest BCUT2D eigenvalue weighted by Crippen LogP contribution is 2.55. The molecule has 2 fully saturated rings. The average molecular weight is 393 g/mol. The average Bonchev–Trinajstić information content (AvgIpc) is 2.54. The quantitative estimate of drug-likeness (QED) is 0.659. The minimum Gasteiger partial charge on any atom is -0.296 e. The van der Waals surface area contributed by atoms with E-state index in [0.717, 1.165) is 18.5 Å². The van der Waals surface area contributed by atoms with E-state index < -0.39 is 0 Å². The van der Waals surface area contributed by atoms with E-state index in [4.69, 9.17) is 0 Å². The molecule has 0 amide bonds. The van der Waals surface area contributed by atoms with Crippen molar-refractivity contribution in [1.29, 1.82) is 0 Å². The van der Waals surface area contributed by atoms with Gasteiger partial charge in [0.15, 0.2) is 0 Å². The molecule has 0 N–H and O–H groups in total. The Morgan fingerprint density at radius 1 is 1.24 bits per heavy atom. The number of hydrogen-bond donors (Lipinski definition) is 0. The van der Waals surface area contributed by atoms with Gasteiger partial charge in [-0.15, -0.1) is 0 Å². The normalized spacial score (nSPS) is 35.5. The van der Waals surface area contributed by atoms with Crippen molar-refractivity contribution in [3.8, 4) is 0 Å². The summed E-state index contributed by atoms with van der Waals surface area (Å²) in [6.45, 7) is 2.43. The number of hydrogen-bond acceptors (Lipinski definition) is 1. The third-order valence-corrected chi connectivity index (χ3v) is 6.80. The largest absolute Gasteiger partial charge is 0.296 e. The highest BCUT2D eigenvalue weighted by atomic mass is 127. The third kappa shape index (κ3) is 2.21. The highest BCUT2D eigenvalue weighted by molar-refractivity contribution is 14.1. The maximum absolute atomic E-state index is 2.76. The molecule has 1 saturated carbocycles. The van der Waals surface area contributed by atoms with Crippen LogP contribution >= 0.6 is 22.6 Å². The lowest BCUT2D eigenvalue weighted by atomic mass is 9.52. The SMILES string of the molecule is IC=CCN1CC[C@]23CCCC[C@H]2[C@H]1Cc1ccccc13. The van der Waals surface area contributed by atoms with Gasteiger partial charge in [0.1, 0.15) is 0 Å². The van der Waals surface area contributed by atoms with Crippen molar-refractivity contribution in [2.24, 2.45) is 5.92 Å². The van der Waals surface area contributed by atoms with Crippen LogP contribution < -0.4 is 0 Å². The summed E-state index contributed by atoms with van der Waals surface area (Å²) in [5.74, 6) is 0.900. The Bertz CT molecular complexity index is 552. The standard InChI is InChI=1S/C19H24IN/c20-11-5-12-21-13-10-19-9-4-3-8-17(19)18(21)14-15-6-1-2-7-16(15)19/h1-2,5-7,11,17-18H,3-4,8-10,12-14H2/t17-,18+,19-/m0/s1. The summed E-state index contributed by atoms with van der Waals surface area (Å²) in [6.07, 6.45) is 10.7. The Kier molecular flexibility index (Phi) is 3.86. The second-order valence-corrected chi connectivity index (χ2v) is 7.76. The van der Waals surface area contributed by atoms with Gasteiger partial charge < -0.3 is 0 Å². The first-order chi connectivity index (χ1) is 10.3. The monoisotopic (exact) mass is 393 g/mol. The molecule has 1 aromatic carbocycles. The van der Waals surface area contributed by atoms with Gasteiger partial charge in [-0.3, -0.25) is 4.90 Å². The first-order valence-electron chi connectivity index (χ1n) is 8.43. The number of halogens is 1. The van der Waals surface area contributed by atoms with Crippen molar-refractivity contribution in [2.75, 3.05) is 13.1 Å². The first-order valence-corrected chi connectivity index (χ1v) is 9.67. The molecule has 4 rings (SSSR count). The molecular weight excluding hydrogens is 369 g/mol. The topological polar surface area (TPSA) is 3.24 Å². The molecule has 1 aliphatic heterocycles. The molecular formula is C19H24IN. The zero-order valence-electron chi connectivity index (χ0n) is 12.6. The van der Waals surface area contributed by atoms with Gasteiger partial charge >= 0.3 is 0 Å². The van der Waals surface area contributed by atoms with Crippen molar-refractivity contribution in [3.63, 3.8) is 0 Å². The molecule has 0 spiro atoms. The van der Waals surface area contributed by atoms with E-state index in [9.17, 15) is 0 Å². The van der Waals surface area contributed by atoms with Crippen molar-refractivity contribution >= 4 is 22.6 Å². The van der Waals surface area contributed by atoms with Crippen molar-refractivity contribution in [1.82, 2.24) is 4.90 Å². The maximum Gasteiger partial charge on any atom is 0.0176 e. The van der Waals surface area contributed by atoms with Crippen LogP contribution in [0.1, 0.15) is 43.2 Å². The molecule has 0 radical (unpaired) electrons. The van der Waals surface area contributed by atoms with Crippen LogP contribution in [0.2, 0.25) is 0 Å². The number of piperidine rings is 1. The number of likely N-dealkylation sites (tertiary alicyclic amines) is 1. The summed E-state index contributed by atoms with van der Waals surface area (Å²) in [5, 5.41) is 0. The number of nitrogens with zero attached hydrogens (tertiary/aromatic N) is 1. The maximum atomic E-state index is 2.76. The molecule has 3 aliphatic rings. The molecule has 3 atom stereocenters. The van der Waals surface area contributed by atoms with Crippen LogP contribution in [0.15, 0.2) is 34.4 Å². The Labute approximate surface area is 141 Å². The predicted octanol–water partition coefficient (Wildman–Crippen LogP) is 4.69. The Morgan fingerprint density at radius 2 is 2.14 bits per heavy atom. The summed E-state index contributed by atoms with van der Waals surface area (Å²) in [7, 11) is 0. The van der Waals surface area contributed by atoms with E-state index in [1.54, 1.807) is 11.1 Å². The third-order valence-electron chi connectivity index (χ3n) is 6.29. The van der Waals surface area contributed by atoms with E-state index in [2.05, 4.69) is 61.9 Å². The van der Waals surface area contributed by atoms with E-state index in [0.29, 0.717) is 5.41 Å². The number of fused-ring (bicyclic) bond motifs is 1. The van der Waals surface area contributed by atoms with Crippen LogP contribution in [-0.2, 0) is 11.8 Å². The summed E-state index contributed by atoms with van der Waals surface area (Å²) >= 11 is 2.35. The Hall–Kier alpha value is -0.350. The summed E-state index contributed by atoms with van der Waals surface area (Å²) in [5.41, 5.74) is 3.88. The second-order valence-electron chi connectivity index (χ2n) is 7.04. The van der Waals surface area contributed by atoms with Gasteiger partial charge in [0.05, 0.1) is 0 Å².